The standard InChI is InChI=1S/C15H26N4O3S/c1-4-9-19(12-5-7-17-8-6-12)23(21,22)13-10-14(15(20)16-2)18(3)11-13/h10-12,17H,4-9H2,1-3H3,(H,16,20). The van der Waals surface area contributed by atoms with E-state index in [2.05, 4.69) is 10.6 Å². The fourth-order valence-electron chi connectivity index (χ4n) is 2.98. The molecule has 0 spiro atoms. The molecule has 23 heavy (non-hydrogen) atoms. The van der Waals surface area contributed by atoms with Crippen LogP contribution in [0.25, 0.3) is 0 Å². The fourth-order valence-corrected chi connectivity index (χ4v) is 4.83. The predicted octanol–water partition coefficient (Wildman–Crippen LogP) is 0.537. The molecule has 1 amide bonds. The van der Waals surface area contributed by atoms with Crippen molar-refractivity contribution in [3.05, 3.63) is 18.0 Å². The van der Waals surface area contributed by atoms with Gasteiger partial charge in [0.05, 0.1) is 0 Å². The summed E-state index contributed by atoms with van der Waals surface area (Å²) >= 11 is 0. The maximum absolute atomic E-state index is 13.1. The lowest BCUT2D eigenvalue weighted by Crippen LogP contribution is -2.46. The topological polar surface area (TPSA) is 83.4 Å². The minimum Gasteiger partial charge on any atom is -0.354 e. The van der Waals surface area contributed by atoms with Crippen LogP contribution in [0, 0.1) is 0 Å². The molecule has 130 valence electrons. The molecule has 0 aromatic carbocycles. The SMILES string of the molecule is CCCN(C1CCNCC1)S(=O)(=O)c1cc(C(=O)NC)n(C)c1. The molecule has 0 radical (unpaired) electrons. The average molecular weight is 342 g/mol. The van der Waals surface area contributed by atoms with Gasteiger partial charge in [0.1, 0.15) is 10.6 Å². The molecule has 8 heteroatoms. The van der Waals surface area contributed by atoms with Crippen molar-refractivity contribution >= 4 is 15.9 Å². The second kappa shape index (κ2) is 7.46. The van der Waals surface area contributed by atoms with Crippen LogP contribution in [0.3, 0.4) is 0 Å². The first kappa shape index (κ1) is 18.0. The average Bonchev–Trinajstić information content (AvgIpc) is 2.95. The van der Waals surface area contributed by atoms with E-state index in [-0.39, 0.29) is 16.8 Å². The molecular formula is C15H26N4O3S. The molecule has 1 aliphatic heterocycles. The number of hydrogen-bond acceptors (Lipinski definition) is 4. The first-order valence-corrected chi connectivity index (χ1v) is 9.46. The van der Waals surface area contributed by atoms with Crippen LogP contribution in [0.1, 0.15) is 36.7 Å². The number of nitrogens with one attached hydrogen (secondary N) is 2. The summed E-state index contributed by atoms with van der Waals surface area (Å²) in [4.78, 5) is 12.0. The van der Waals surface area contributed by atoms with Gasteiger partial charge in [0.2, 0.25) is 10.0 Å². The fraction of sp³-hybridized carbons (Fsp3) is 0.667. The van der Waals surface area contributed by atoms with E-state index in [4.69, 9.17) is 0 Å². The number of carbonyl (C=O) groups excluding carboxylic acids is 1. The zero-order valence-electron chi connectivity index (χ0n) is 14.0. The van der Waals surface area contributed by atoms with E-state index in [1.807, 2.05) is 6.92 Å². The molecule has 0 atom stereocenters. The summed E-state index contributed by atoms with van der Waals surface area (Å²) in [6, 6.07) is 1.47. The van der Waals surface area contributed by atoms with E-state index in [0.29, 0.717) is 12.2 Å². The second-order valence-corrected chi connectivity index (χ2v) is 7.74. The molecule has 0 aliphatic carbocycles. The van der Waals surface area contributed by atoms with Gasteiger partial charge in [0, 0.05) is 32.9 Å². The normalized spacial score (nSPS) is 16.7. The molecule has 2 N–H and O–H groups in total. The minimum atomic E-state index is -3.60. The van der Waals surface area contributed by atoms with Gasteiger partial charge in [-0.15, -0.1) is 0 Å². The van der Waals surface area contributed by atoms with Gasteiger partial charge in [-0.3, -0.25) is 4.79 Å². The Morgan fingerprint density at radius 2 is 2.09 bits per heavy atom. The smallest absolute Gasteiger partial charge is 0.267 e. The third kappa shape index (κ3) is 3.76. The first-order chi connectivity index (χ1) is 10.9. The molecule has 0 unspecified atom stereocenters. The summed E-state index contributed by atoms with van der Waals surface area (Å²) < 4.78 is 29.3. The highest BCUT2D eigenvalue weighted by atomic mass is 32.2. The molecule has 0 bridgehead atoms. The number of sulfonamides is 1. The molecule has 1 aromatic rings. The van der Waals surface area contributed by atoms with E-state index >= 15 is 0 Å². The van der Waals surface area contributed by atoms with Crippen LogP contribution in [-0.2, 0) is 17.1 Å². The van der Waals surface area contributed by atoms with E-state index < -0.39 is 10.0 Å². The van der Waals surface area contributed by atoms with Crippen molar-refractivity contribution in [1.82, 2.24) is 19.5 Å². The molecule has 1 saturated heterocycles. The second-order valence-electron chi connectivity index (χ2n) is 5.85. The maximum Gasteiger partial charge on any atom is 0.267 e. The molecule has 1 aromatic heterocycles. The first-order valence-electron chi connectivity index (χ1n) is 8.02. The zero-order valence-corrected chi connectivity index (χ0v) is 14.8. The summed E-state index contributed by atoms with van der Waals surface area (Å²) in [5.74, 6) is -0.294. The zero-order chi connectivity index (χ0) is 17.0. The monoisotopic (exact) mass is 342 g/mol. The maximum atomic E-state index is 13.1. The number of aryl methyl sites for hydroxylation is 1. The lowest BCUT2D eigenvalue weighted by molar-refractivity contribution is 0.0955. The van der Waals surface area contributed by atoms with E-state index in [0.717, 1.165) is 32.4 Å². The van der Waals surface area contributed by atoms with E-state index in [9.17, 15) is 13.2 Å². The Balaban J connectivity index is 2.35. The van der Waals surface area contributed by atoms with Gasteiger partial charge >= 0.3 is 0 Å². The summed E-state index contributed by atoms with van der Waals surface area (Å²) in [7, 11) is -0.393. The van der Waals surface area contributed by atoms with Crippen molar-refractivity contribution in [1.29, 1.82) is 0 Å². The molecule has 1 fully saturated rings. The van der Waals surface area contributed by atoms with Crippen LogP contribution >= 0.6 is 0 Å². The number of carbonyl (C=O) groups is 1. The largest absolute Gasteiger partial charge is 0.354 e. The summed E-state index contributed by atoms with van der Waals surface area (Å²) in [5.41, 5.74) is 0.341. The Labute approximate surface area is 138 Å². The van der Waals surface area contributed by atoms with Crippen molar-refractivity contribution < 1.29 is 13.2 Å². The Kier molecular flexibility index (Phi) is 5.83. The number of nitrogens with zero attached hydrogens (tertiary/aromatic N) is 2. The highest BCUT2D eigenvalue weighted by Gasteiger charge is 2.33. The van der Waals surface area contributed by atoms with E-state index in [1.165, 1.54) is 19.3 Å². The van der Waals surface area contributed by atoms with Gasteiger partial charge < -0.3 is 15.2 Å². The highest BCUT2D eigenvalue weighted by molar-refractivity contribution is 7.89. The third-order valence-electron chi connectivity index (χ3n) is 4.21. The lowest BCUT2D eigenvalue weighted by atomic mass is 10.1. The van der Waals surface area contributed by atoms with Crippen LogP contribution in [0.2, 0.25) is 0 Å². The number of amides is 1. The lowest BCUT2D eigenvalue weighted by Gasteiger charge is -2.33. The van der Waals surface area contributed by atoms with Gasteiger partial charge in [-0.2, -0.15) is 4.31 Å². The Morgan fingerprint density at radius 3 is 2.65 bits per heavy atom. The Morgan fingerprint density at radius 1 is 1.43 bits per heavy atom. The van der Waals surface area contributed by atoms with Crippen molar-refractivity contribution in [3.63, 3.8) is 0 Å². The predicted molar refractivity (Wildman–Crippen MR) is 88.9 cm³/mol. The third-order valence-corrected chi connectivity index (χ3v) is 6.12. The highest BCUT2D eigenvalue weighted by Crippen LogP contribution is 2.24. The molecule has 2 heterocycles. The van der Waals surface area contributed by atoms with Gasteiger partial charge in [0.15, 0.2) is 0 Å². The number of aromatic nitrogens is 1. The summed E-state index contributed by atoms with van der Waals surface area (Å²) in [6.07, 6.45) is 3.91. The van der Waals surface area contributed by atoms with Crippen LogP contribution < -0.4 is 10.6 Å². The minimum absolute atomic E-state index is 0.0184. The molecule has 1 aliphatic rings. The van der Waals surface area contributed by atoms with Crippen LogP contribution in [0.15, 0.2) is 17.2 Å². The van der Waals surface area contributed by atoms with Crippen LogP contribution in [-0.4, -0.2) is 55.9 Å². The van der Waals surface area contributed by atoms with Crippen LogP contribution in [0.4, 0.5) is 0 Å². The Bertz CT molecular complexity index is 648. The van der Waals surface area contributed by atoms with Gasteiger partial charge in [0.25, 0.3) is 5.91 Å². The molecule has 2 rings (SSSR count). The van der Waals surface area contributed by atoms with Crippen molar-refractivity contribution in [2.45, 2.75) is 37.1 Å². The number of piperidine rings is 1. The van der Waals surface area contributed by atoms with Gasteiger partial charge in [-0.25, -0.2) is 8.42 Å². The van der Waals surface area contributed by atoms with Gasteiger partial charge in [-0.1, -0.05) is 6.92 Å². The molecular weight excluding hydrogens is 316 g/mol. The van der Waals surface area contributed by atoms with Crippen molar-refractivity contribution in [2.75, 3.05) is 26.7 Å². The summed E-state index contributed by atoms with van der Waals surface area (Å²) in [5, 5.41) is 5.79. The van der Waals surface area contributed by atoms with Gasteiger partial charge in [-0.05, 0) is 38.4 Å². The summed E-state index contributed by atoms with van der Waals surface area (Å²) in [6.45, 7) is 4.14. The van der Waals surface area contributed by atoms with Crippen molar-refractivity contribution in [2.24, 2.45) is 7.05 Å². The molecule has 7 nitrogen and oxygen atoms in total. The van der Waals surface area contributed by atoms with Crippen LogP contribution in [0.5, 0.6) is 0 Å². The van der Waals surface area contributed by atoms with Crippen molar-refractivity contribution in [3.8, 4) is 0 Å². The quantitative estimate of drug-likeness (QED) is 0.790. The number of hydrogen-bond donors (Lipinski definition) is 2. The van der Waals surface area contributed by atoms with E-state index in [1.54, 1.807) is 15.9 Å². The number of rotatable bonds is 6. The Hall–Kier alpha value is -1.38. The molecule has 0 saturated carbocycles.